The fraction of sp³-hybridized carbons (Fsp3) is 0.872. The molecule has 51 heavy (non-hydrogen) atoms. The van der Waals surface area contributed by atoms with Crippen LogP contribution < -0.4 is 10.6 Å². The van der Waals surface area contributed by atoms with Gasteiger partial charge in [-0.15, -0.1) is 0 Å². The van der Waals surface area contributed by atoms with Gasteiger partial charge in [-0.25, -0.2) is 9.59 Å². The van der Waals surface area contributed by atoms with E-state index in [-0.39, 0.29) is 63.6 Å². The number of carbonyl (C=O) groups is 5. The van der Waals surface area contributed by atoms with E-state index >= 15 is 0 Å². The zero-order valence-electron chi connectivity index (χ0n) is 32.9. The summed E-state index contributed by atoms with van der Waals surface area (Å²) in [6.45, 7) is 11.4. The third-order valence-electron chi connectivity index (χ3n) is 7.81. The number of esters is 2. The highest BCUT2D eigenvalue weighted by atomic mass is 16.6. The van der Waals surface area contributed by atoms with E-state index in [1.54, 1.807) is 20.8 Å². The molecular formula is C39H72N2O10. The summed E-state index contributed by atoms with van der Waals surface area (Å²) in [6.07, 6.45) is 19.6. The van der Waals surface area contributed by atoms with E-state index in [0.717, 1.165) is 38.5 Å². The summed E-state index contributed by atoms with van der Waals surface area (Å²) < 4.78 is 21.0. The van der Waals surface area contributed by atoms with Gasteiger partial charge in [-0.1, -0.05) is 89.9 Å². The molecule has 0 bridgehead atoms. The number of carboxylic acid groups (broad SMARTS) is 1. The van der Waals surface area contributed by atoms with Crippen molar-refractivity contribution in [2.45, 2.75) is 187 Å². The van der Waals surface area contributed by atoms with E-state index in [4.69, 9.17) is 24.1 Å². The van der Waals surface area contributed by atoms with Crippen molar-refractivity contribution in [1.82, 2.24) is 10.6 Å². The molecule has 0 fully saturated rings. The Morgan fingerprint density at radius 2 is 1.00 bits per heavy atom. The number of carbonyl (C=O) groups excluding carboxylic acids is 4. The van der Waals surface area contributed by atoms with Gasteiger partial charge in [-0.2, -0.15) is 0 Å². The molecule has 1 atom stereocenters. The fourth-order valence-corrected chi connectivity index (χ4v) is 5.32. The minimum absolute atomic E-state index is 0.0336. The molecule has 0 rings (SSSR count). The number of ether oxygens (including phenoxy) is 4. The number of hydrogen-bond acceptors (Lipinski definition) is 9. The van der Waals surface area contributed by atoms with Gasteiger partial charge in [0.2, 0.25) is 11.8 Å². The molecule has 298 valence electrons. The van der Waals surface area contributed by atoms with Crippen molar-refractivity contribution in [1.29, 1.82) is 0 Å². The Morgan fingerprint density at radius 3 is 1.47 bits per heavy atom. The average Bonchev–Trinajstić information content (AvgIpc) is 3.01. The van der Waals surface area contributed by atoms with E-state index in [1.807, 2.05) is 20.8 Å². The Kier molecular flexibility index (Phi) is 28.2. The molecule has 1 unspecified atom stereocenters. The normalized spacial score (nSPS) is 12.3. The number of amides is 2. The van der Waals surface area contributed by atoms with Crippen LogP contribution in [-0.4, -0.2) is 85.0 Å². The maximum Gasteiger partial charge on any atom is 0.329 e. The van der Waals surface area contributed by atoms with Crippen molar-refractivity contribution < 1.29 is 48.0 Å². The summed E-state index contributed by atoms with van der Waals surface area (Å²) in [5, 5.41) is 14.0. The fourth-order valence-electron chi connectivity index (χ4n) is 5.32. The highest BCUT2D eigenvalue weighted by Gasteiger charge is 2.27. The lowest BCUT2D eigenvalue weighted by Crippen LogP contribution is -2.44. The van der Waals surface area contributed by atoms with E-state index in [0.29, 0.717) is 12.8 Å². The number of unbranched alkanes of at least 4 members (excludes halogenated alkanes) is 15. The summed E-state index contributed by atoms with van der Waals surface area (Å²) in [6, 6.07) is -0.910. The second-order valence-corrected chi connectivity index (χ2v) is 15.3. The summed E-state index contributed by atoms with van der Waals surface area (Å²) in [4.78, 5) is 59.9. The third kappa shape index (κ3) is 35.5. The van der Waals surface area contributed by atoms with E-state index in [1.165, 1.54) is 64.2 Å². The van der Waals surface area contributed by atoms with Gasteiger partial charge in [0.05, 0.1) is 19.8 Å². The van der Waals surface area contributed by atoms with Crippen LogP contribution in [0.25, 0.3) is 0 Å². The van der Waals surface area contributed by atoms with E-state index in [2.05, 4.69) is 10.6 Å². The molecule has 12 nitrogen and oxygen atoms in total. The molecule has 0 aromatic carbocycles. The molecule has 0 aromatic rings. The first-order valence-corrected chi connectivity index (χ1v) is 19.5. The lowest BCUT2D eigenvalue weighted by molar-refractivity contribution is -0.159. The first kappa shape index (κ1) is 48.3. The van der Waals surface area contributed by atoms with Crippen LogP contribution in [0.3, 0.4) is 0 Å². The molecule has 3 N–H and O–H groups in total. The van der Waals surface area contributed by atoms with Crippen molar-refractivity contribution in [2.24, 2.45) is 0 Å². The van der Waals surface area contributed by atoms with Gasteiger partial charge in [0, 0.05) is 25.8 Å². The number of hydrogen-bond donors (Lipinski definition) is 3. The molecule has 12 heteroatoms. The van der Waals surface area contributed by atoms with Crippen LogP contribution in [0.5, 0.6) is 0 Å². The molecule has 0 aliphatic heterocycles. The van der Waals surface area contributed by atoms with E-state index < -0.39 is 29.2 Å². The quantitative estimate of drug-likeness (QED) is 0.0477. The number of nitrogens with one attached hydrogen (secondary N) is 2. The first-order valence-electron chi connectivity index (χ1n) is 19.5. The average molecular weight is 729 g/mol. The molecule has 0 aliphatic rings. The summed E-state index contributed by atoms with van der Waals surface area (Å²) >= 11 is 0. The maximum absolute atomic E-state index is 12.8. The topological polar surface area (TPSA) is 167 Å². The van der Waals surface area contributed by atoms with Crippen LogP contribution in [0.2, 0.25) is 0 Å². The van der Waals surface area contributed by atoms with Gasteiger partial charge >= 0.3 is 17.9 Å². The Hall–Kier alpha value is -2.73. The Balaban J connectivity index is 3.94. The standard InChI is InChI=1S/C39H72N2O10/c1-38(2,3)50-36(46)24-22-20-18-16-14-12-10-8-7-9-11-13-15-17-19-21-23-34(43)41-32(37(47)51-39(4,5)6)25-26-33(42)40-27-28-48-29-30-49-31-35(44)45/h32H,7-31H2,1-6H3,(H,40,42)(H,41,43)(H,44,45). The molecule has 0 heterocycles. The first-order chi connectivity index (χ1) is 24.1. The third-order valence-corrected chi connectivity index (χ3v) is 7.81. The Morgan fingerprint density at radius 1 is 0.549 bits per heavy atom. The number of rotatable bonds is 32. The summed E-state index contributed by atoms with van der Waals surface area (Å²) in [5.74, 6) is -2.19. The molecule has 0 radical (unpaired) electrons. The van der Waals surface area contributed by atoms with Crippen LogP contribution in [0, 0.1) is 0 Å². The molecular weight excluding hydrogens is 656 g/mol. The van der Waals surface area contributed by atoms with Gasteiger partial charge in [0.1, 0.15) is 23.9 Å². The predicted molar refractivity (Wildman–Crippen MR) is 198 cm³/mol. The molecule has 0 spiro atoms. The lowest BCUT2D eigenvalue weighted by atomic mass is 10.0. The van der Waals surface area contributed by atoms with Gasteiger partial charge in [-0.05, 0) is 60.8 Å². The van der Waals surface area contributed by atoms with Gasteiger partial charge < -0.3 is 34.7 Å². The van der Waals surface area contributed by atoms with Crippen molar-refractivity contribution in [3.63, 3.8) is 0 Å². The van der Waals surface area contributed by atoms with E-state index in [9.17, 15) is 24.0 Å². The van der Waals surface area contributed by atoms with Gasteiger partial charge in [0.15, 0.2) is 0 Å². The van der Waals surface area contributed by atoms with Gasteiger partial charge in [-0.3, -0.25) is 14.4 Å². The minimum Gasteiger partial charge on any atom is -0.480 e. The lowest BCUT2D eigenvalue weighted by Gasteiger charge is -2.24. The monoisotopic (exact) mass is 729 g/mol. The largest absolute Gasteiger partial charge is 0.480 e. The zero-order chi connectivity index (χ0) is 38.4. The minimum atomic E-state index is -1.05. The second-order valence-electron chi connectivity index (χ2n) is 15.3. The van der Waals surface area contributed by atoms with Gasteiger partial charge in [0.25, 0.3) is 0 Å². The van der Waals surface area contributed by atoms with Crippen LogP contribution in [0.1, 0.15) is 170 Å². The highest BCUT2D eigenvalue weighted by molar-refractivity contribution is 5.85. The Labute approximate surface area is 308 Å². The highest BCUT2D eigenvalue weighted by Crippen LogP contribution is 2.16. The number of aliphatic carboxylic acids is 1. The van der Waals surface area contributed by atoms with Crippen molar-refractivity contribution >= 4 is 29.7 Å². The van der Waals surface area contributed by atoms with Crippen molar-refractivity contribution in [2.75, 3.05) is 33.0 Å². The molecule has 0 aliphatic carbocycles. The van der Waals surface area contributed by atoms with Crippen LogP contribution in [0.4, 0.5) is 0 Å². The van der Waals surface area contributed by atoms with Crippen molar-refractivity contribution in [3.8, 4) is 0 Å². The maximum atomic E-state index is 12.8. The number of carboxylic acids is 1. The predicted octanol–water partition coefficient (Wildman–Crippen LogP) is 7.19. The zero-order valence-corrected chi connectivity index (χ0v) is 32.9. The Bertz CT molecular complexity index is 959. The van der Waals surface area contributed by atoms with Crippen molar-refractivity contribution in [3.05, 3.63) is 0 Å². The molecule has 0 saturated carbocycles. The molecule has 0 saturated heterocycles. The molecule has 2 amide bonds. The SMILES string of the molecule is CC(C)(C)OC(=O)CCCCCCCCCCCCCCCCCCC(=O)NC(CCC(=O)NCCOCCOCC(=O)O)C(=O)OC(C)(C)C. The van der Waals surface area contributed by atoms with Crippen LogP contribution in [0.15, 0.2) is 0 Å². The second kappa shape index (κ2) is 29.8. The molecule has 0 aromatic heterocycles. The summed E-state index contributed by atoms with van der Waals surface area (Å²) in [5.41, 5.74) is -1.11. The van der Waals surface area contributed by atoms with Crippen LogP contribution >= 0.6 is 0 Å². The summed E-state index contributed by atoms with van der Waals surface area (Å²) in [7, 11) is 0. The smallest absolute Gasteiger partial charge is 0.329 e. The van der Waals surface area contributed by atoms with Crippen LogP contribution in [-0.2, 0) is 42.9 Å².